The molecule has 0 saturated heterocycles. The Morgan fingerprint density at radius 3 is 2.78 bits per heavy atom. The van der Waals surface area contributed by atoms with E-state index in [9.17, 15) is 10.1 Å². The predicted octanol–water partition coefficient (Wildman–Crippen LogP) is 2.30. The Kier molecular flexibility index (Phi) is 3.02. The van der Waals surface area contributed by atoms with Crippen LogP contribution in [0.15, 0.2) is 24.4 Å². The van der Waals surface area contributed by atoms with Crippen LogP contribution in [0.1, 0.15) is 36.1 Å². The summed E-state index contributed by atoms with van der Waals surface area (Å²) in [7, 11) is 0. The van der Waals surface area contributed by atoms with Gasteiger partial charge < -0.3 is 9.51 Å². The topological polar surface area (TPSA) is 78.4 Å². The van der Waals surface area contributed by atoms with Crippen LogP contribution in [-0.2, 0) is 0 Å². The van der Waals surface area contributed by atoms with Gasteiger partial charge in [0.15, 0.2) is 5.69 Å². The van der Waals surface area contributed by atoms with Crippen LogP contribution in [0.4, 0.5) is 0 Å². The summed E-state index contributed by atoms with van der Waals surface area (Å²) in [5, 5.41) is 18.3. The lowest BCUT2D eigenvalue weighted by Gasteiger charge is -2.11. The van der Waals surface area contributed by atoms with Crippen LogP contribution < -0.4 is 0 Å². The molecule has 2 aromatic heterocycles. The predicted molar refractivity (Wildman–Crippen MR) is 65.3 cm³/mol. The molecule has 0 amide bonds. The Morgan fingerprint density at radius 2 is 2.22 bits per heavy atom. The Hall–Kier alpha value is -2.35. The van der Waals surface area contributed by atoms with Gasteiger partial charge in [-0.15, -0.1) is 0 Å². The highest BCUT2D eigenvalue weighted by atomic mass is 16.4. The lowest BCUT2D eigenvalue weighted by Crippen LogP contribution is -2.08. The summed E-state index contributed by atoms with van der Waals surface area (Å²) < 4.78 is 1.68. The normalized spacial score (nSPS) is 12.6. The number of fused-ring (bicyclic) bond motifs is 1. The number of carboxylic acid groups (broad SMARTS) is 1. The van der Waals surface area contributed by atoms with E-state index in [1.165, 1.54) is 0 Å². The first-order valence-corrected chi connectivity index (χ1v) is 5.66. The summed E-state index contributed by atoms with van der Waals surface area (Å²) in [5.41, 5.74) is 0.507. The second kappa shape index (κ2) is 4.49. The van der Waals surface area contributed by atoms with E-state index in [1.807, 2.05) is 13.8 Å². The highest BCUT2D eigenvalue weighted by molar-refractivity contribution is 5.93. The van der Waals surface area contributed by atoms with Crippen molar-refractivity contribution in [2.45, 2.75) is 19.8 Å². The monoisotopic (exact) mass is 243 g/mol. The van der Waals surface area contributed by atoms with Gasteiger partial charge in [0.25, 0.3) is 0 Å². The van der Waals surface area contributed by atoms with Gasteiger partial charge in [-0.25, -0.2) is 9.78 Å². The van der Waals surface area contributed by atoms with Gasteiger partial charge in [-0.3, -0.25) is 0 Å². The van der Waals surface area contributed by atoms with Crippen LogP contribution in [0.5, 0.6) is 0 Å². The molecule has 0 aliphatic carbocycles. The Balaban J connectivity index is 2.73. The van der Waals surface area contributed by atoms with E-state index in [2.05, 4.69) is 11.1 Å². The quantitative estimate of drug-likeness (QED) is 0.897. The molecule has 5 nitrogen and oxygen atoms in total. The number of carboxylic acids is 1. The molecule has 2 aromatic rings. The van der Waals surface area contributed by atoms with Crippen LogP contribution in [0.2, 0.25) is 0 Å². The van der Waals surface area contributed by atoms with Crippen molar-refractivity contribution in [2.24, 2.45) is 5.92 Å². The lowest BCUT2D eigenvalue weighted by atomic mass is 9.97. The van der Waals surface area contributed by atoms with Crippen molar-refractivity contribution < 1.29 is 9.90 Å². The Morgan fingerprint density at radius 1 is 1.50 bits per heavy atom. The number of nitrogens with zero attached hydrogens (tertiary/aromatic N) is 3. The Labute approximate surface area is 104 Å². The van der Waals surface area contributed by atoms with E-state index in [-0.39, 0.29) is 11.6 Å². The molecular weight excluding hydrogens is 230 g/mol. The van der Waals surface area contributed by atoms with E-state index in [0.717, 1.165) is 0 Å². The molecule has 5 heteroatoms. The third-order valence-corrected chi connectivity index (χ3v) is 2.86. The number of rotatable bonds is 3. The number of aromatic carboxylic acids is 1. The molecule has 92 valence electrons. The highest BCUT2D eigenvalue weighted by Gasteiger charge is 2.24. The fourth-order valence-corrected chi connectivity index (χ4v) is 1.94. The summed E-state index contributed by atoms with van der Waals surface area (Å²) >= 11 is 0. The standard InChI is InChI=1S/C13H13N3O2/c1-8(2)9(7-14)12-15-11(13(17)18)10-5-3-4-6-16(10)12/h3-6,8-9H,1-2H3,(H,17,18). The van der Waals surface area contributed by atoms with Gasteiger partial charge in [0, 0.05) is 6.20 Å². The molecule has 0 aromatic carbocycles. The van der Waals surface area contributed by atoms with Crippen molar-refractivity contribution >= 4 is 11.5 Å². The average molecular weight is 243 g/mol. The van der Waals surface area contributed by atoms with Crippen LogP contribution >= 0.6 is 0 Å². The minimum absolute atomic E-state index is 0.00787. The number of hydrogen-bond donors (Lipinski definition) is 1. The highest BCUT2D eigenvalue weighted by Crippen LogP contribution is 2.25. The van der Waals surface area contributed by atoms with Crippen molar-refractivity contribution in [1.82, 2.24) is 9.38 Å². The van der Waals surface area contributed by atoms with Gasteiger partial charge >= 0.3 is 5.97 Å². The van der Waals surface area contributed by atoms with Crippen molar-refractivity contribution in [3.63, 3.8) is 0 Å². The van der Waals surface area contributed by atoms with Crippen molar-refractivity contribution in [3.8, 4) is 6.07 Å². The summed E-state index contributed by atoms with van der Waals surface area (Å²) in [6.45, 7) is 3.83. The second-order valence-electron chi connectivity index (χ2n) is 4.43. The summed E-state index contributed by atoms with van der Waals surface area (Å²) in [6, 6.07) is 7.42. The molecule has 0 bridgehead atoms. The van der Waals surface area contributed by atoms with Crippen LogP contribution in [0.3, 0.4) is 0 Å². The van der Waals surface area contributed by atoms with E-state index in [4.69, 9.17) is 5.11 Å². The minimum atomic E-state index is -1.08. The molecule has 2 heterocycles. The Bertz CT molecular complexity index is 637. The molecule has 1 unspecified atom stereocenters. The lowest BCUT2D eigenvalue weighted by molar-refractivity contribution is 0.0693. The zero-order valence-corrected chi connectivity index (χ0v) is 10.2. The molecule has 0 spiro atoms. The molecule has 1 N–H and O–H groups in total. The molecule has 0 fully saturated rings. The minimum Gasteiger partial charge on any atom is -0.476 e. The number of aromatic nitrogens is 2. The van der Waals surface area contributed by atoms with Gasteiger partial charge in [0.05, 0.1) is 11.6 Å². The van der Waals surface area contributed by atoms with Crippen LogP contribution in [0.25, 0.3) is 5.52 Å². The second-order valence-corrected chi connectivity index (χ2v) is 4.43. The van der Waals surface area contributed by atoms with Gasteiger partial charge in [0.2, 0.25) is 0 Å². The number of hydrogen-bond acceptors (Lipinski definition) is 3. The summed E-state index contributed by atoms with van der Waals surface area (Å²) in [4.78, 5) is 15.3. The molecule has 2 rings (SSSR count). The summed E-state index contributed by atoms with van der Waals surface area (Å²) in [5.74, 6) is -0.943. The largest absolute Gasteiger partial charge is 0.476 e. The van der Waals surface area contributed by atoms with Gasteiger partial charge in [-0.1, -0.05) is 19.9 Å². The fourth-order valence-electron chi connectivity index (χ4n) is 1.94. The SMILES string of the molecule is CC(C)C(C#N)c1nc(C(=O)O)c2ccccn12. The molecular formula is C13H13N3O2. The number of carbonyl (C=O) groups is 1. The maximum Gasteiger partial charge on any atom is 0.356 e. The van der Waals surface area contributed by atoms with Crippen LogP contribution in [-0.4, -0.2) is 20.5 Å². The molecule has 1 atom stereocenters. The molecule has 0 aliphatic rings. The van der Waals surface area contributed by atoms with Crippen LogP contribution in [0, 0.1) is 17.2 Å². The van der Waals surface area contributed by atoms with Gasteiger partial charge in [-0.05, 0) is 18.1 Å². The fraction of sp³-hybridized carbons (Fsp3) is 0.308. The first-order chi connectivity index (χ1) is 8.56. The van der Waals surface area contributed by atoms with Crippen molar-refractivity contribution in [1.29, 1.82) is 5.26 Å². The smallest absolute Gasteiger partial charge is 0.356 e. The number of nitriles is 1. The van der Waals surface area contributed by atoms with E-state index >= 15 is 0 Å². The first kappa shape index (κ1) is 12.1. The van der Waals surface area contributed by atoms with E-state index in [0.29, 0.717) is 11.3 Å². The first-order valence-electron chi connectivity index (χ1n) is 5.66. The number of imidazole rings is 1. The third-order valence-electron chi connectivity index (χ3n) is 2.86. The van der Waals surface area contributed by atoms with Gasteiger partial charge in [0.1, 0.15) is 11.7 Å². The third kappa shape index (κ3) is 1.82. The molecule has 18 heavy (non-hydrogen) atoms. The molecule has 0 aliphatic heterocycles. The van der Waals surface area contributed by atoms with Crippen molar-refractivity contribution in [3.05, 3.63) is 35.9 Å². The maximum atomic E-state index is 11.2. The van der Waals surface area contributed by atoms with Gasteiger partial charge in [-0.2, -0.15) is 5.26 Å². The zero-order chi connectivity index (χ0) is 13.3. The van der Waals surface area contributed by atoms with E-state index < -0.39 is 11.9 Å². The molecule has 0 radical (unpaired) electrons. The zero-order valence-electron chi connectivity index (χ0n) is 10.2. The number of pyridine rings is 1. The summed E-state index contributed by atoms with van der Waals surface area (Å²) in [6.07, 6.45) is 1.73. The molecule has 0 saturated carbocycles. The van der Waals surface area contributed by atoms with Crippen molar-refractivity contribution in [2.75, 3.05) is 0 Å². The average Bonchev–Trinajstić information content (AvgIpc) is 2.70. The van der Waals surface area contributed by atoms with E-state index in [1.54, 1.807) is 28.8 Å². The maximum absolute atomic E-state index is 11.2.